The van der Waals surface area contributed by atoms with Gasteiger partial charge in [0.25, 0.3) is 0 Å². The molecular formula is C14H23N3O2. The van der Waals surface area contributed by atoms with Crippen LogP contribution in [0.1, 0.15) is 27.2 Å². The van der Waals surface area contributed by atoms with E-state index < -0.39 is 0 Å². The number of methoxy groups -OCH3 is 1. The maximum Gasteiger partial charge on any atom is 0.234 e. The first-order valence-corrected chi connectivity index (χ1v) is 6.79. The molecule has 1 unspecified atom stereocenters. The topological polar surface area (TPSA) is 47.5 Å². The Bertz CT molecular complexity index is 423. The minimum absolute atomic E-state index is 0.107. The molecule has 1 aliphatic heterocycles. The molecule has 19 heavy (non-hydrogen) atoms. The van der Waals surface area contributed by atoms with E-state index in [0.717, 1.165) is 25.3 Å². The lowest BCUT2D eigenvalue weighted by Crippen LogP contribution is -2.49. The second kappa shape index (κ2) is 5.74. The van der Waals surface area contributed by atoms with Gasteiger partial charge < -0.3 is 14.4 Å². The minimum Gasteiger partial charge on any atom is -0.477 e. The van der Waals surface area contributed by atoms with Crippen molar-refractivity contribution in [2.24, 2.45) is 5.41 Å². The molecule has 0 bridgehead atoms. The average Bonchev–Trinajstić information content (AvgIpc) is 2.38. The van der Waals surface area contributed by atoms with Gasteiger partial charge in [0.05, 0.1) is 25.1 Å². The molecule has 5 heteroatoms. The summed E-state index contributed by atoms with van der Waals surface area (Å²) in [4.78, 5) is 11.0. The molecule has 1 saturated heterocycles. The van der Waals surface area contributed by atoms with Gasteiger partial charge in [-0.1, -0.05) is 13.8 Å². The highest BCUT2D eigenvalue weighted by Gasteiger charge is 2.36. The van der Waals surface area contributed by atoms with Crippen molar-refractivity contribution in [3.05, 3.63) is 12.4 Å². The molecule has 1 atom stereocenters. The standard InChI is InChI=1S/C14H23N3O2/c1-5-19-13-9-15-8-12(16-13)17-7-6-11(18-4)14(2,3)10-17/h8-9,11H,5-7,10H2,1-4H3. The van der Waals surface area contributed by atoms with E-state index in [1.54, 1.807) is 19.5 Å². The zero-order chi connectivity index (χ0) is 13.9. The van der Waals surface area contributed by atoms with Crippen molar-refractivity contribution in [3.8, 4) is 5.88 Å². The van der Waals surface area contributed by atoms with E-state index in [-0.39, 0.29) is 5.41 Å². The Hall–Kier alpha value is -1.36. The average molecular weight is 265 g/mol. The molecule has 5 nitrogen and oxygen atoms in total. The summed E-state index contributed by atoms with van der Waals surface area (Å²) in [5.41, 5.74) is 0.107. The molecule has 0 aliphatic carbocycles. The second-order valence-electron chi connectivity index (χ2n) is 5.57. The molecule has 0 N–H and O–H groups in total. The highest BCUT2D eigenvalue weighted by Crippen LogP contribution is 2.33. The summed E-state index contributed by atoms with van der Waals surface area (Å²) < 4.78 is 11.0. The van der Waals surface area contributed by atoms with Crippen molar-refractivity contribution in [2.45, 2.75) is 33.3 Å². The zero-order valence-electron chi connectivity index (χ0n) is 12.2. The predicted octanol–water partition coefficient (Wildman–Crippen LogP) is 2.13. The normalized spacial score (nSPS) is 22.3. The number of hydrogen-bond donors (Lipinski definition) is 0. The van der Waals surface area contributed by atoms with Gasteiger partial charge in [-0.15, -0.1) is 0 Å². The lowest BCUT2D eigenvalue weighted by atomic mass is 9.81. The largest absolute Gasteiger partial charge is 0.477 e. The highest BCUT2D eigenvalue weighted by molar-refractivity contribution is 5.38. The van der Waals surface area contributed by atoms with Crippen molar-refractivity contribution in [1.29, 1.82) is 0 Å². The SMILES string of the molecule is CCOc1cncc(N2CCC(OC)C(C)(C)C2)n1. The Morgan fingerprint density at radius 1 is 1.42 bits per heavy atom. The fourth-order valence-corrected chi connectivity index (χ4v) is 2.68. The van der Waals surface area contributed by atoms with Crippen LogP contribution in [0.25, 0.3) is 0 Å². The Kier molecular flexibility index (Phi) is 4.24. The minimum atomic E-state index is 0.107. The van der Waals surface area contributed by atoms with Crippen LogP contribution in [-0.2, 0) is 4.74 Å². The number of ether oxygens (including phenoxy) is 2. The molecule has 0 saturated carbocycles. The van der Waals surface area contributed by atoms with Gasteiger partial charge in [0, 0.05) is 25.6 Å². The van der Waals surface area contributed by atoms with Gasteiger partial charge in [0.15, 0.2) is 5.82 Å². The van der Waals surface area contributed by atoms with Crippen LogP contribution in [-0.4, -0.2) is 42.9 Å². The van der Waals surface area contributed by atoms with Crippen LogP contribution in [0.15, 0.2) is 12.4 Å². The smallest absolute Gasteiger partial charge is 0.234 e. The third-order valence-electron chi connectivity index (χ3n) is 3.63. The summed E-state index contributed by atoms with van der Waals surface area (Å²) in [6.45, 7) is 8.86. The van der Waals surface area contributed by atoms with E-state index in [4.69, 9.17) is 9.47 Å². The van der Waals surface area contributed by atoms with Crippen LogP contribution in [0.5, 0.6) is 5.88 Å². The Labute approximate surface area is 115 Å². The molecule has 106 valence electrons. The molecule has 0 aromatic carbocycles. The summed E-state index contributed by atoms with van der Waals surface area (Å²) in [5.74, 6) is 1.47. The quantitative estimate of drug-likeness (QED) is 0.834. The number of rotatable bonds is 4. The molecule has 1 aromatic heterocycles. The molecule has 2 heterocycles. The first-order valence-electron chi connectivity index (χ1n) is 6.79. The summed E-state index contributed by atoms with van der Waals surface area (Å²) in [6.07, 6.45) is 4.75. The molecule has 0 radical (unpaired) electrons. The number of aromatic nitrogens is 2. The Morgan fingerprint density at radius 3 is 2.84 bits per heavy atom. The molecule has 1 aromatic rings. The van der Waals surface area contributed by atoms with E-state index in [1.807, 2.05) is 6.92 Å². The summed E-state index contributed by atoms with van der Waals surface area (Å²) >= 11 is 0. The van der Waals surface area contributed by atoms with Crippen LogP contribution in [0, 0.1) is 5.41 Å². The molecule has 0 amide bonds. The molecule has 0 spiro atoms. The number of hydrogen-bond acceptors (Lipinski definition) is 5. The van der Waals surface area contributed by atoms with E-state index in [1.165, 1.54) is 0 Å². The van der Waals surface area contributed by atoms with Crippen LogP contribution in [0.2, 0.25) is 0 Å². The van der Waals surface area contributed by atoms with Crippen LogP contribution < -0.4 is 9.64 Å². The first kappa shape index (κ1) is 14.1. The summed E-state index contributed by atoms with van der Waals surface area (Å²) in [7, 11) is 1.79. The monoisotopic (exact) mass is 265 g/mol. The Morgan fingerprint density at radius 2 is 2.21 bits per heavy atom. The van der Waals surface area contributed by atoms with Crippen molar-refractivity contribution in [1.82, 2.24) is 9.97 Å². The van der Waals surface area contributed by atoms with Gasteiger partial charge in [-0.2, -0.15) is 4.98 Å². The summed E-state index contributed by atoms with van der Waals surface area (Å²) in [6, 6.07) is 0. The van der Waals surface area contributed by atoms with Crippen LogP contribution >= 0.6 is 0 Å². The fourth-order valence-electron chi connectivity index (χ4n) is 2.68. The second-order valence-corrected chi connectivity index (χ2v) is 5.57. The number of nitrogens with zero attached hydrogens (tertiary/aromatic N) is 3. The lowest BCUT2D eigenvalue weighted by Gasteiger charge is -2.43. The van der Waals surface area contributed by atoms with Gasteiger partial charge in [0.2, 0.25) is 5.88 Å². The van der Waals surface area contributed by atoms with Crippen LogP contribution in [0.3, 0.4) is 0 Å². The Balaban J connectivity index is 2.12. The van der Waals surface area contributed by atoms with Gasteiger partial charge in [-0.05, 0) is 13.3 Å². The van der Waals surface area contributed by atoms with Crippen molar-refractivity contribution < 1.29 is 9.47 Å². The van der Waals surface area contributed by atoms with Gasteiger partial charge >= 0.3 is 0 Å². The third kappa shape index (κ3) is 3.15. The van der Waals surface area contributed by atoms with Crippen molar-refractivity contribution in [2.75, 3.05) is 31.7 Å². The maximum absolute atomic E-state index is 5.57. The lowest BCUT2D eigenvalue weighted by molar-refractivity contribution is -0.00646. The highest BCUT2D eigenvalue weighted by atomic mass is 16.5. The molecule has 2 rings (SSSR count). The van der Waals surface area contributed by atoms with Crippen molar-refractivity contribution >= 4 is 5.82 Å². The fraction of sp³-hybridized carbons (Fsp3) is 0.714. The van der Waals surface area contributed by atoms with Crippen molar-refractivity contribution in [3.63, 3.8) is 0 Å². The molecular weight excluding hydrogens is 242 g/mol. The number of anilines is 1. The van der Waals surface area contributed by atoms with Gasteiger partial charge in [-0.25, -0.2) is 0 Å². The van der Waals surface area contributed by atoms with E-state index in [0.29, 0.717) is 18.6 Å². The molecule has 1 aliphatic rings. The third-order valence-corrected chi connectivity index (χ3v) is 3.63. The van der Waals surface area contributed by atoms with E-state index in [2.05, 4.69) is 28.7 Å². The summed E-state index contributed by atoms with van der Waals surface area (Å²) in [5, 5.41) is 0. The van der Waals surface area contributed by atoms with Crippen LogP contribution in [0.4, 0.5) is 5.82 Å². The van der Waals surface area contributed by atoms with E-state index >= 15 is 0 Å². The maximum atomic E-state index is 5.57. The first-order chi connectivity index (χ1) is 9.06. The zero-order valence-corrected chi connectivity index (χ0v) is 12.2. The van der Waals surface area contributed by atoms with Gasteiger partial charge in [0.1, 0.15) is 0 Å². The predicted molar refractivity (Wildman–Crippen MR) is 74.6 cm³/mol. The number of piperidine rings is 1. The van der Waals surface area contributed by atoms with Gasteiger partial charge in [-0.3, -0.25) is 4.98 Å². The molecule has 1 fully saturated rings. The van der Waals surface area contributed by atoms with E-state index in [9.17, 15) is 0 Å².